The predicted octanol–water partition coefficient (Wildman–Crippen LogP) is 10.9. The van der Waals surface area contributed by atoms with E-state index in [1.54, 1.807) is 24.4 Å². The lowest BCUT2D eigenvalue weighted by Gasteiger charge is -2.44. The molecular formula is C40H62Cl2N2O7Si3. The first-order chi connectivity index (χ1) is 24.5. The van der Waals surface area contributed by atoms with E-state index in [1.807, 2.05) is 24.3 Å². The summed E-state index contributed by atoms with van der Waals surface area (Å²) in [6, 6.07) is 12.5. The Kier molecular flexibility index (Phi) is 13.3. The van der Waals surface area contributed by atoms with Crippen LogP contribution in [-0.4, -0.2) is 59.4 Å². The summed E-state index contributed by atoms with van der Waals surface area (Å²) in [6.45, 7) is 33.4. The first-order valence-corrected chi connectivity index (χ1v) is 28.2. The minimum atomic E-state index is -2.47. The van der Waals surface area contributed by atoms with Gasteiger partial charge in [-0.2, -0.15) is 0 Å². The molecule has 0 saturated carbocycles. The molecule has 0 amide bonds. The maximum atomic E-state index is 13.8. The van der Waals surface area contributed by atoms with Crippen LogP contribution in [0.15, 0.2) is 58.3 Å². The smallest absolute Gasteiger partial charge is 0.330 e. The molecule has 0 bridgehead atoms. The molecule has 0 aliphatic carbocycles. The Labute approximate surface area is 335 Å². The van der Waals surface area contributed by atoms with Crippen LogP contribution < -0.4 is 16.0 Å². The zero-order valence-electron chi connectivity index (χ0n) is 34.9. The Bertz CT molecular complexity index is 1910. The van der Waals surface area contributed by atoms with Gasteiger partial charge in [-0.25, -0.2) is 4.79 Å². The van der Waals surface area contributed by atoms with Gasteiger partial charge in [0.15, 0.2) is 31.2 Å². The van der Waals surface area contributed by atoms with Gasteiger partial charge in [0.1, 0.15) is 29.8 Å². The fraction of sp³-hybridized carbons (Fsp3) is 0.600. The second-order valence-electron chi connectivity index (χ2n) is 19.1. The molecule has 300 valence electrons. The molecule has 0 unspecified atom stereocenters. The highest BCUT2D eigenvalue weighted by Gasteiger charge is 2.55. The topological polar surface area (TPSA) is 101 Å². The van der Waals surface area contributed by atoms with Crippen LogP contribution in [-0.2, 0) is 24.4 Å². The highest BCUT2D eigenvalue weighted by Crippen LogP contribution is 2.46. The summed E-state index contributed by atoms with van der Waals surface area (Å²) in [6.07, 6.45) is -0.725. The third kappa shape index (κ3) is 10.3. The van der Waals surface area contributed by atoms with Crippen LogP contribution in [0, 0.1) is 0 Å². The van der Waals surface area contributed by atoms with Crippen molar-refractivity contribution in [2.45, 2.75) is 148 Å². The number of H-pyrrole nitrogens is 1. The molecule has 2 aromatic carbocycles. The van der Waals surface area contributed by atoms with Crippen molar-refractivity contribution in [2.24, 2.45) is 0 Å². The highest BCUT2D eigenvalue weighted by atomic mass is 35.5. The Morgan fingerprint density at radius 1 is 0.741 bits per heavy atom. The van der Waals surface area contributed by atoms with Gasteiger partial charge in [0.2, 0.25) is 0 Å². The van der Waals surface area contributed by atoms with E-state index in [2.05, 4.69) is 107 Å². The normalized spacial score (nSPS) is 20.4. The number of nitrogens with one attached hydrogen (secondary N) is 1. The van der Waals surface area contributed by atoms with E-state index in [0.29, 0.717) is 33.7 Å². The Morgan fingerprint density at radius 3 is 1.85 bits per heavy atom. The third-order valence-electron chi connectivity index (χ3n) is 11.9. The molecule has 0 spiro atoms. The van der Waals surface area contributed by atoms with E-state index < -0.39 is 60.7 Å². The molecule has 1 aromatic heterocycles. The monoisotopic (exact) mass is 836 g/mol. The van der Waals surface area contributed by atoms with Crippen molar-refractivity contribution in [1.29, 1.82) is 0 Å². The van der Waals surface area contributed by atoms with Crippen molar-refractivity contribution in [3.63, 3.8) is 0 Å². The van der Waals surface area contributed by atoms with Gasteiger partial charge in [-0.3, -0.25) is 14.3 Å². The largest absolute Gasteiger partial charge is 0.457 e. The molecule has 3 aromatic rings. The Hall–Kier alpha value is -2.01. The second kappa shape index (κ2) is 16.1. The molecule has 4 rings (SSSR count). The number of rotatable bonds is 12. The van der Waals surface area contributed by atoms with Crippen molar-refractivity contribution in [1.82, 2.24) is 9.55 Å². The van der Waals surface area contributed by atoms with E-state index in [-0.39, 0.29) is 21.5 Å². The van der Waals surface area contributed by atoms with Crippen molar-refractivity contribution >= 4 is 48.2 Å². The number of nitrogens with zero attached hydrogens (tertiary/aromatic N) is 1. The molecule has 1 aliphatic rings. The quantitative estimate of drug-likeness (QED) is 0.181. The second-order valence-corrected chi connectivity index (χ2v) is 34.3. The average molecular weight is 838 g/mol. The molecule has 14 heteroatoms. The average Bonchev–Trinajstić information content (AvgIpc) is 3.33. The van der Waals surface area contributed by atoms with Crippen LogP contribution in [0.3, 0.4) is 0 Å². The molecule has 1 fully saturated rings. The van der Waals surface area contributed by atoms with Crippen molar-refractivity contribution in [2.75, 3.05) is 6.61 Å². The molecule has 1 aliphatic heterocycles. The lowest BCUT2D eigenvalue weighted by Crippen LogP contribution is -2.55. The third-order valence-corrected chi connectivity index (χ3v) is 26.1. The highest BCUT2D eigenvalue weighted by molar-refractivity contribution is 6.75. The van der Waals surface area contributed by atoms with Gasteiger partial charge in [-0.05, 0) is 84.2 Å². The Balaban J connectivity index is 1.79. The lowest BCUT2D eigenvalue weighted by atomic mass is 10.1. The van der Waals surface area contributed by atoms with Crippen molar-refractivity contribution < 1.29 is 22.8 Å². The number of halogens is 2. The van der Waals surface area contributed by atoms with E-state index >= 15 is 0 Å². The molecule has 1 saturated heterocycles. The molecule has 54 heavy (non-hydrogen) atoms. The van der Waals surface area contributed by atoms with E-state index in [0.717, 1.165) is 5.56 Å². The summed E-state index contributed by atoms with van der Waals surface area (Å²) < 4.78 is 35.7. The Morgan fingerprint density at radius 2 is 1.30 bits per heavy atom. The molecule has 1 N–H and O–H groups in total. The molecular weight excluding hydrogens is 776 g/mol. The summed E-state index contributed by atoms with van der Waals surface area (Å²) in [5, 5.41) is 0.558. The number of hydrogen-bond acceptors (Lipinski definition) is 7. The van der Waals surface area contributed by atoms with E-state index in [1.165, 1.54) is 4.57 Å². The minimum Gasteiger partial charge on any atom is -0.457 e. The van der Waals surface area contributed by atoms with Gasteiger partial charge in [0.05, 0.1) is 16.7 Å². The van der Waals surface area contributed by atoms with Gasteiger partial charge in [0, 0.05) is 24.2 Å². The zero-order chi connectivity index (χ0) is 40.8. The summed E-state index contributed by atoms with van der Waals surface area (Å²) in [5.74, 6) is 1.09. The van der Waals surface area contributed by atoms with Crippen molar-refractivity contribution in [3.8, 4) is 11.5 Å². The number of aromatic nitrogens is 2. The first-order valence-electron chi connectivity index (χ1n) is 18.7. The van der Waals surface area contributed by atoms with Crippen LogP contribution in [0.4, 0.5) is 0 Å². The van der Waals surface area contributed by atoms with Crippen LogP contribution in [0.1, 0.15) is 79.7 Å². The standard InChI is InChI=1S/C40H62Cl2N2O7Si3/c1-38(2,3)52(10,11)47-25-32-33(50-53(12,13)39(4,5)6)34(51-54(14,15)40(7,8)9)36(49-32)44-24-27(35(45)43-37(44)46)21-26-17-16-18-28(22-26)48-29-19-20-30(41)31(42)23-29/h16-20,22-24,32-34,36H,21,25H2,1-15H3,(H,43,45,46)/t32-,33-,34-,36-/m1/s1. The number of benzene rings is 2. The van der Waals surface area contributed by atoms with Gasteiger partial charge in [-0.1, -0.05) is 97.6 Å². The zero-order valence-corrected chi connectivity index (χ0v) is 39.4. The molecule has 9 nitrogen and oxygen atoms in total. The van der Waals surface area contributed by atoms with Crippen LogP contribution >= 0.6 is 23.2 Å². The number of hydrogen-bond donors (Lipinski definition) is 1. The summed E-state index contributed by atoms with van der Waals surface area (Å²) >= 11 is 12.3. The number of ether oxygens (including phenoxy) is 2. The van der Waals surface area contributed by atoms with Crippen molar-refractivity contribution in [3.05, 3.63) is 90.7 Å². The maximum absolute atomic E-state index is 13.8. The fourth-order valence-corrected chi connectivity index (χ4v) is 9.24. The minimum absolute atomic E-state index is 0.0210. The fourth-order valence-electron chi connectivity index (χ4n) is 5.33. The first kappa shape index (κ1) is 44.7. The van der Waals surface area contributed by atoms with Crippen LogP contribution in [0.5, 0.6) is 11.5 Å². The molecule has 4 atom stereocenters. The van der Waals surface area contributed by atoms with Crippen LogP contribution in [0.25, 0.3) is 0 Å². The summed E-state index contributed by atoms with van der Waals surface area (Å²) in [4.78, 5) is 29.8. The lowest BCUT2D eigenvalue weighted by molar-refractivity contribution is -0.0511. The predicted molar refractivity (Wildman–Crippen MR) is 228 cm³/mol. The van der Waals surface area contributed by atoms with E-state index in [4.69, 9.17) is 46.0 Å². The van der Waals surface area contributed by atoms with Crippen LogP contribution in [0.2, 0.25) is 64.4 Å². The van der Waals surface area contributed by atoms with Gasteiger partial charge in [0.25, 0.3) is 5.56 Å². The van der Waals surface area contributed by atoms with Gasteiger partial charge in [-0.15, -0.1) is 0 Å². The summed E-state index contributed by atoms with van der Waals surface area (Å²) in [5.41, 5.74) is 0.147. The number of aromatic amines is 1. The molecule has 0 radical (unpaired) electrons. The molecule has 2 heterocycles. The van der Waals surface area contributed by atoms with Gasteiger partial charge < -0.3 is 22.8 Å². The maximum Gasteiger partial charge on any atom is 0.330 e. The summed E-state index contributed by atoms with van der Waals surface area (Å²) in [7, 11) is -7.07. The van der Waals surface area contributed by atoms with E-state index in [9.17, 15) is 9.59 Å². The SMILES string of the molecule is CC(C)(C)[Si](C)(C)OC[C@H]1O[C@@H](n2cc(Cc3cccc(Oc4ccc(Cl)c(Cl)c4)c3)c(=O)[nH]c2=O)[C@H](O[Si](C)(C)C(C)(C)C)[C@@H]1O[Si](C)(C)C(C)(C)C. The van der Waals surface area contributed by atoms with Gasteiger partial charge >= 0.3 is 5.69 Å².